The third-order valence-electron chi connectivity index (χ3n) is 5.38. The highest BCUT2D eigenvalue weighted by molar-refractivity contribution is 8.18. The van der Waals surface area contributed by atoms with E-state index < -0.39 is 5.97 Å². The fourth-order valence-corrected chi connectivity index (χ4v) is 4.78. The summed E-state index contributed by atoms with van der Waals surface area (Å²) in [5, 5.41) is 12.3. The first-order valence-electron chi connectivity index (χ1n) is 11.4. The highest BCUT2D eigenvalue weighted by Gasteiger charge is 2.33. The van der Waals surface area contributed by atoms with Crippen LogP contribution >= 0.6 is 11.8 Å². The van der Waals surface area contributed by atoms with Gasteiger partial charge in [-0.2, -0.15) is 0 Å². The number of aliphatic imine (C=N–C) groups is 1. The number of methoxy groups -OCH3 is 1. The summed E-state index contributed by atoms with van der Waals surface area (Å²) in [6.07, 6.45) is 3.59. The molecule has 0 saturated heterocycles. The van der Waals surface area contributed by atoms with Crippen LogP contribution in [-0.2, 0) is 25.6 Å². The maximum atomic E-state index is 12.7. The van der Waals surface area contributed by atoms with Crippen molar-refractivity contribution >= 4 is 51.4 Å². The smallest absolute Gasteiger partial charge is 0.344 e. The molecule has 0 aliphatic carbocycles. The Hall–Kier alpha value is -3.98. The van der Waals surface area contributed by atoms with Gasteiger partial charge in [0, 0.05) is 22.7 Å². The van der Waals surface area contributed by atoms with Gasteiger partial charge in [0.25, 0.3) is 0 Å². The van der Waals surface area contributed by atoms with E-state index in [0.717, 1.165) is 16.5 Å². The Morgan fingerprint density at radius 2 is 1.83 bits per heavy atom. The molecule has 0 fully saturated rings. The Labute approximate surface area is 212 Å². The number of aliphatic hydroxyl groups is 1. The van der Waals surface area contributed by atoms with Crippen LogP contribution < -0.4 is 4.74 Å². The Kier molecular flexibility index (Phi) is 7.80. The molecule has 186 valence electrons. The standard InChI is InChI=1S/C27H26N2O6S/c1-4-34-19-12-10-18(11-13-19)28-26-24(27(32)35-5-2)25(31)22(36-26)14-17-15-29(16-23(30)33-3)21-9-7-6-8-20(17)21/h6-15,31H,4-5,16H2,1-3H3/b22-14-,28-26?. The number of para-hydroxylation sites is 1. The molecular formula is C27H26N2O6S. The molecule has 0 atom stereocenters. The average molecular weight is 507 g/mol. The number of benzene rings is 2. The predicted octanol–water partition coefficient (Wildman–Crippen LogP) is 5.41. The fourth-order valence-electron chi connectivity index (χ4n) is 3.76. The maximum absolute atomic E-state index is 12.7. The van der Waals surface area contributed by atoms with Gasteiger partial charge in [0.05, 0.1) is 30.9 Å². The van der Waals surface area contributed by atoms with Crippen molar-refractivity contribution in [3.8, 4) is 5.75 Å². The molecule has 8 nitrogen and oxygen atoms in total. The molecular weight excluding hydrogens is 480 g/mol. The van der Waals surface area contributed by atoms with E-state index in [2.05, 4.69) is 4.99 Å². The summed E-state index contributed by atoms with van der Waals surface area (Å²) in [6, 6.07) is 14.8. The van der Waals surface area contributed by atoms with Crippen molar-refractivity contribution in [1.82, 2.24) is 4.57 Å². The molecule has 1 N–H and O–H groups in total. The Morgan fingerprint density at radius 1 is 1.08 bits per heavy atom. The van der Waals surface area contributed by atoms with E-state index in [-0.39, 0.29) is 30.5 Å². The Balaban J connectivity index is 1.75. The number of carbonyl (C=O) groups excluding carboxylic acids is 2. The zero-order valence-electron chi connectivity index (χ0n) is 20.2. The molecule has 1 aliphatic heterocycles. The second-order valence-electron chi connectivity index (χ2n) is 7.70. The summed E-state index contributed by atoms with van der Waals surface area (Å²) in [4.78, 5) is 29.7. The molecule has 0 unspecified atom stereocenters. The van der Waals surface area contributed by atoms with E-state index in [4.69, 9.17) is 14.2 Å². The van der Waals surface area contributed by atoms with Gasteiger partial charge in [-0.25, -0.2) is 9.79 Å². The van der Waals surface area contributed by atoms with Crippen molar-refractivity contribution in [2.24, 2.45) is 4.99 Å². The number of hydrogen-bond donors (Lipinski definition) is 1. The van der Waals surface area contributed by atoms with Crippen LogP contribution in [0.3, 0.4) is 0 Å². The number of carbonyl (C=O) groups is 2. The van der Waals surface area contributed by atoms with Crippen molar-refractivity contribution in [1.29, 1.82) is 0 Å². The molecule has 0 saturated carbocycles. The average Bonchev–Trinajstić information content (AvgIpc) is 3.37. The highest BCUT2D eigenvalue weighted by atomic mass is 32.2. The topological polar surface area (TPSA) is 99.4 Å². The van der Waals surface area contributed by atoms with Crippen molar-refractivity contribution in [2.75, 3.05) is 20.3 Å². The van der Waals surface area contributed by atoms with E-state index in [1.807, 2.05) is 37.4 Å². The second-order valence-corrected chi connectivity index (χ2v) is 8.73. The van der Waals surface area contributed by atoms with Crippen molar-refractivity contribution in [3.05, 3.63) is 76.5 Å². The lowest BCUT2D eigenvalue weighted by atomic mass is 10.1. The lowest BCUT2D eigenvalue weighted by molar-refractivity contribution is -0.141. The number of thioether (sulfide) groups is 1. The minimum atomic E-state index is -0.649. The van der Waals surface area contributed by atoms with Gasteiger partial charge in [-0.05, 0) is 50.3 Å². The van der Waals surface area contributed by atoms with Gasteiger partial charge in [-0.1, -0.05) is 30.0 Å². The molecule has 0 spiro atoms. The first kappa shape index (κ1) is 25.1. The van der Waals surface area contributed by atoms with Crippen LogP contribution in [-0.4, -0.2) is 47.0 Å². The lowest BCUT2D eigenvalue weighted by Crippen LogP contribution is -2.12. The number of fused-ring (bicyclic) bond motifs is 1. The van der Waals surface area contributed by atoms with E-state index in [9.17, 15) is 14.7 Å². The van der Waals surface area contributed by atoms with Gasteiger partial charge in [-0.3, -0.25) is 4.79 Å². The minimum Gasteiger partial charge on any atom is -0.506 e. The fraction of sp³-hybridized carbons (Fsp3) is 0.222. The molecule has 2 aromatic carbocycles. The molecule has 2 heterocycles. The van der Waals surface area contributed by atoms with Crippen molar-refractivity contribution in [3.63, 3.8) is 0 Å². The largest absolute Gasteiger partial charge is 0.506 e. The van der Waals surface area contributed by atoms with Gasteiger partial charge in [0.1, 0.15) is 28.7 Å². The molecule has 0 amide bonds. The molecule has 9 heteroatoms. The Morgan fingerprint density at radius 3 is 2.53 bits per heavy atom. The van der Waals surface area contributed by atoms with Gasteiger partial charge >= 0.3 is 11.9 Å². The van der Waals surface area contributed by atoms with Crippen LogP contribution in [0.25, 0.3) is 17.0 Å². The van der Waals surface area contributed by atoms with Crippen molar-refractivity contribution in [2.45, 2.75) is 20.4 Å². The Bertz CT molecular complexity index is 1390. The molecule has 0 bridgehead atoms. The monoisotopic (exact) mass is 506 g/mol. The number of hydrogen-bond acceptors (Lipinski definition) is 8. The van der Waals surface area contributed by atoms with Crippen molar-refractivity contribution < 1.29 is 28.9 Å². The zero-order chi connectivity index (χ0) is 25.7. The second kappa shape index (κ2) is 11.2. The van der Waals surface area contributed by atoms with Crippen LogP contribution in [0.5, 0.6) is 5.75 Å². The molecule has 36 heavy (non-hydrogen) atoms. The quantitative estimate of drug-likeness (QED) is 0.408. The summed E-state index contributed by atoms with van der Waals surface area (Å²) in [6.45, 7) is 4.37. The van der Waals surface area contributed by atoms with Crippen LogP contribution in [0.1, 0.15) is 19.4 Å². The SMILES string of the molecule is CCOC(=O)C1=C(O)/C(=C/c2cn(CC(=O)OC)c3ccccc23)SC1=Nc1ccc(OCC)cc1. The van der Waals surface area contributed by atoms with Crippen LogP contribution in [0.4, 0.5) is 5.69 Å². The van der Waals surface area contributed by atoms with E-state index >= 15 is 0 Å². The molecule has 1 aromatic heterocycles. The summed E-state index contributed by atoms with van der Waals surface area (Å²) in [5.41, 5.74) is 2.23. The third kappa shape index (κ3) is 5.31. The van der Waals surface area contributed by atoms with Crippen LogP contribution in [0.15, 0.2) is 76.0 Å². The van der Waals surface area contributed by atoms with E-state index in [0.29, 0.717) is 28.0 Å². The normalized spacial score (nSPS) is 15.6. The maximum Gasteiger partial charge on any atom is 0.344 e. The van der Waals surface area contributed by atoms with E-state index in [1.165, 1.54) is 18.9 Å². The summed E-state index contributed by atoms with van der Waals surface area (Å²) in [5.74, 6) is -0.507. The number of nitrogens with zero attached hydrogens (tertiary/aromatic N) is 2. The number of aliphatic hydroxyl groups excluding tert-OH is 1. The number of ether oxygens (including phenoxy) is 3. The third-order valence-corrected chi connectivity index (χ3v) is 6.40. The first-order valence-corrected chi connectivity index (χ1v) is 12.2. The van der Waals surface area contributed by atoms with Gasteiger partial charge in [-0.15, -0.1) is 0 Å². The molecule has 3 aromatic rings. The number of rotatable bonds is 8. The minimum absolute atomic E-state index is 0.0142. The van der Waals surface area contributed by atoms with E-state index in [1.54, 1.807) is 41.8 Å². The molecule has 1 aliphatic rings. The van der Waals surface area contributed by atoms with Gasteiger partial charge in [0.2, 0.25) is 0 Å². The van der Waals surface area contributed by atoms with Crippen LogP contribution in [0, 0.1) is 0 Å². The summed E-state index contributed by atoms with van der Waals surface area (Å²) < 4.78 is 17.3. The summed E-state index contributed by atoms with van der Waals surface area (Å²) in [7, 11) is 1.34. The number of aromatic nitrogens is 1. The van der Waals surface area contributed by atoms with Gasteiger partial charge in [0.15, 0.2) is 0 Å². The molecule has 0 radical (unpaired) electrons. The number of esters is 2. The predicted molar refractivity (Wildman–Crippen MR) is 141 cm³/mol. The zero-order valence-corrected chi connectivity index (χ0v) is 21.0. The highest BCUT2D eigenvalue weighted by Crippen LogP contribution is 2.41. The van der Waals surface area contributed by atoms with Gasteiger partial charge < -0.3 is 23.9 Å². The van der Waals surface area contributed by atoms with Crippen LogP contribution in [0.2, 0.25) is 0 Å². The molecule has 4 rings (SSSR count). The lowest BCUT2D eigenvalue weighted by Gasteiger charge is -2.05. The first-order chi connectivity index (χ1) is 17.4. The summed E-state index contributed by atoms with van der Waals surface area (Å²) >= 11 is 1.18.